The summed E-state index contributed by atoms with van der Waals surface area (Å²) in [6.07, 6.45) is -0.954. The summed E-state index contributed by atoms with van der Waals surface area (Å²) >= 11 is 5.98. The third-order valence-electron chi connectivity index (χ3n) is 4.30. The van der Waals surface area contributed by atoms with Gasteiger partial charge in [-0.1, -0.05) is 17.7 Å². The number of hydrogen-bond acceptors (Lipinski definition) is 5. The van der Waals surface area contributed by atoms with Gasteiger partial charge in [-0.2, -0.15) is 0 Å². The number of esters is 1. The first-order valence-electron chi connectivity index (χ1n) is 8.11. The smallest absolute Gasteiger partial charge is 0.342 e. The standard InChI is InChI=1S/C20H22ClNO4/c1-10-6-12(3)14(7-11(10)2)19(23)13(4)26-20(24)15-8-16(21)17(22)9-18(15)25-5/h6-9,13H,22H2,1-5H3/t13-/m0/s1. The number of halogens is 1. The first-order chi connectivity index (χ1) is 12.1. The van der Waals surface area contributed by atoms with Gasteiger partial charge in [-0.25, -0.2) is 4.79 Å². The summed E-state index contributed by atoms with van der Waals surface area (Å²) in [5, 5.41) is 0.210. The van der Waals surface area contributed by atoms with Gasteiger partial charge in [0.05, 0.1) is 17.8 Å². The van der Waals surface area contributed by atoms with E-state index >= 15 is 0 Å². The Morgan fingerprint density at radius 2 is 1.62 bits per heavy atom. The minimum Gasteiger partial charge on any atom is -0.496 e. The third-order valence-corrected chi connectivity index (χ3v) is 4.63. The van der Waals surface area contributed by atoms with Gasteiger partial charge in [0.1, 0.15) is 11.3 Å². The Morgan fingerprint density at radius 1 is 1.00 bits per heavy atom. The molecule has 0 aliphatic rings. The van der Waals surface area contributed by atoms with Crippen LogP contribution in [0.2, 0.25) is 5.02 Å². The van der Waals surface area contributed by atoms with Crippen LogP contribution in [0.25, 0.3) is 0 Å². The van der Waals surface area contributed by atoms with Gasteiger partial charge in [-0.05, 0) is 56.5 Å². The van der Waals surface area contributed by atoms with E-state index in [4.69, 9.17) is 26.8 Å². The number of benzene rings is 2. The van der Waals surface area contributed by atoms with Crippen molar-refractivity contribution in [3.8, 4) is 5.75 Å². The lowest BCUT2D eigenvalue weighted by Crippen LogP contribution is -2.25. The Kier molecular flexibility index (Phi) is 5.93. The van der Waals surface area contributed by atoms with E-state index in [1.165, 1.54) is 19.2 Å². The number of carbonyl (C=O) groups excluding carboxylic acids is 2. The topological polar surface area (TPSA) is 78.6 Å². The molecule has 0 heterocycles. The van der Waals surface area contributed by atoms with Crippen molar-refractivity contribution in [1.29, 1.82) is 0 Å². The average molecular weight is 376 g/mol. The molecule has 0 bridgehead atoms. The van der Waals surface area contributed by atoms with Crippen molar-refractivity contribution in [3.63, 3.8) is 0 Å². The van der Waals surface area contributed by atoms with E-state index in [1.54, 1.807) is 6.92 Å². The van der Waals surface area contributed by atoms with Crippen LogP contribution in [0.4, 0.5) is 5.69 Å². The van der Waals surface area contributed by atoms with Crippen LogP contribution in [-0.4, -0.2) is 25.0 Å². The fraction of sp³-hybridized carbons (Fsp3) is 0.300. The van der Waals surface area contributed by atoms with Crippen molar-refractivity contribution < 1.29 is 19.1 Å². The number of rotatable bonds is 5. The highest BCUT2D eigenvalue weighted by atomic mass is 35.5. The molecule has 5 nitrogen and oxygen atoms in total. The molecule has 0 amide bonds. The SMILES string of the molecule is COc1cc(N)c(Cl)cc1C(=O)O[C@@H](C)C(=O)c1cc(C)c(C)cc1C. The molecule has 1 atom stereocenters. The summed E-state index contributed by atoms with van der Waals surface area (Å²) in [5.41, 5.74) is 9.60. The van der Waals surface area contributed by atoms with Gasteiger partial charge in [-0.3, -0.25) is 4.79 Å². The van der Waals surface area contributed by atoms with Crippen molar-refractivity contribution in [3.05, 3.63) is 57.1 Å². The van der Waals surface area contributed by atoms with Crippen LogP contribution in [0, 0.1) is 20.8 Å². The summed E-state index contributed by atoms with van der Waals surface area (Å²) < 4.78 is 10.5. The highest BCUT2D eigenvalue weighted by Gasteiger charge is 2.24. The molecular formula is C20H22ClNO4. The first-order valence-corrected chi connectivity index (χ1v) is 8.49. The fourth-order valence-corrected chi connectivity index (χ4v) is 2.78. The van der Waals surface area contributed by atoms with E-state index in [9.17, 15) is 9.59 Å². The lowest BCUT2D eigenvalue weighted by Gasteiger charge is -2.16. The summed E-state index contributed by atoms with van der Waals surface area (Å²) in [5.74, 6) is -0.732. The van der Waals surface area contributed by atoms with Crippen LogP contribution in [-0.2, 0) is 4.74 Å². The Bertz CT molecular complexity index is 877. The van der Waals surface area contributed by atoms with Gasteiger partial charge in [0.25, 0.3) is 0 Å². The number of aryl methyl sites for hydroxylation is 3. The minimum absolute atomic E-state index is 0.114. The van der Waals surface area contributed by atoms with Gasteiger partial charge >= 0.3 is 5.97 Å². The van der Waals surface area contributed by atoms with Crippen molar-refractivity contribution in [1.82, 2.24) is 0 Å². The van der Waals surface area contributed by atoms with Crippen LogP contribution in [0.1, 0.15) is 44.3 Å². The van der Waals surface area contributed by atoms with Crippen LogP contribution in [0.15, 0.2) is 24.3 Å². The number of hydrogen-bond donors (Lipinski definition) is 1. The van der Waals surface area contributed by atoms with Gasteiger partial charge in [0.2, 0.25) is 5.78 Å². The summed E-state index contributed by atoms with van der Waals surface area (Å²) in [7, 11) is 1.41. The molecule has 0 aromatic heterocycles. The number of nitrogen functional groups attached to an aromatic ring is 1. The largest absolute Gasteiger partial charge is 0.496 e. The van der Waals surface area contributed by atoms with Crippen LogP contribution in [0.3, 0.4) is 0 Å². The first kappa shape index (κ1) is 19.8. The zero-order valence-corrected chi connectivity index (χ0v) is 16.2. The molecule has 2 aromatic carbocycles. The maximum absolute atomic E-state index is 12.7. The molecule has 26 heavy (non-hydrogen) atoms. The van der Waals surface area contributed by atoms with E-state index in [1.807, 2.05) is 32.9 Å². The second-order valence-corrected chi connectivity index (χ2v) is 6.64. The second kappa shape index (κ2) is 7.79. The summed E-state index contributed by atoms with van der Waals surface area (Å²) in [6.45, 7) is 7.32. The van der Waals surface area contributed by atoms with E-state index < -0.39 is 12.1 Å². The molecule has 2 aromatic rings. The fourth-order valence-electron chi connectivity index (χ4n) is 2.62. The molecule has 0 aliphatic carbocycles. The molecule has 0 radical (unpaired) electrons. The Morgan fingerprint density at radius 3 is 2.23 bits per heavy atom. The zero-order chi connectivity index (χ0) is 19.6. The van der Waals surface area contributed by atoms with Gasteiger partial charge < -0.3 is 15.2 Å². The third kappa shape index (κ3) is 3.99. The molecule has 2 rings (SSSR count). The highest BCUT2D eigenvalue weighted by molar-refractivity contribution is 6.33. The Balaban J connectivity index is 2.26. The summed E-state index contributed by atoms with van der Waals surface area (Å²) in [6, 6.07) is 6.58. The Labute approximate surface area is 158 Å². The van der Waals surface area contributed by atoms with Gasteiger partial charge in [0, 0.05) is 11.6 Å². The van der Waals surface area contributed by atoms with Crippen LogP contribution >= 0.6 is 11.6 Å². The number of Topliss-reactive ketones (excluding diaryl/α,β-unsaturated/α-hetero) is 1. The zero-order valence-electron chi connectivity index (χ0n) is 15.5. The van der Waals surface area contributed by atoms with E-state index in [0.717, 1.165) is 16.7 Å². The van der Waals surface area contributed by atoms with Crippen molar-refractivity contribution >= 4 is 29.0 Å². The normalized spacial score (nSPS) is 11.8. The van der Waals surface area contributed by atoms with Gasteiger partial charge in [-0.15, -0.1) is 0 Å². The molecule has 2 N–H and O–H groups in total. The molecule has 0 fully saturated rings. The summed E-state index contributed by atoms with van der Waals surface area (Å²) in [4.78, 5) is 25.2. The van der Waals surface area contributed by atoms with E-state index in [-0.39, 0.29) is 27.8 Å². The molecule has 0 aliphatic heterocycles. The van der Waals surface area contributed by atoms with Crippen molar-refractivity contribution in [2.45, 2.75) is 33.8 Å². The molecule has 138 valence electrons. The van der Waals surface area contributed by atoms with Crippen LogP contribution < -0.4 is 10.5 Å². The molecule has 6 heteroatoms. The maximum Gasteiger partial charge on any atom is 0.342 e. The lowest BCUT2D eigenvalue weighted by atomic mass is 9.96. The average Bonchev–Trinajstić information content (AvgIpc) is 2.59. The number of carbonyl (C=O) groups is 2. The molecule has 0 spiro atoms. The highest BCUT2D eigenvalue weighted by Crippen LogP contribution is 2.29. The molecule has 0 saturated carbocycles. The lowest BCUT2D eigenvalue weighted by molar-refractivity contribution is 0.0315. The number of methoxy groups -OCH3 is 1. The maximum atomic E-state index is 12.7. The number of anilines is 1. The predicted molar refractivity (Wildman–Crippen MR) is 102 cm³/mol. The van der Waals surface area contributed by atoms with Crippen LogP contribution in [0.5, 0.6) is 5.75 Å². The quantitative estimate of drug-likeness (QED) is 0.479. The number of nitrogens with two attached hydrogens (primary N) is 1. The monoisotopic (exact) mass is 375 g/mol. The van der Waals surface area contributed by atoms with Gasteiger partial charge in [0.15, 0.2) is 6.10 Å². The molecular weight excluding hydrogens is 354 g/mol. The van der Waals surface area contributed by atoms with E-state index in [2.05, 4.69) is 0 Å². The molecule has 0 saturated heterocycles. The second-order valence-electron chi connectivity index (χ2n) is 6.24. The van der Waals surface area contributed by atoms with Crippen molar-refractivity contribution in [2.75, 3.05) is 12.8 Å². The van der Waals surface area contributed by atoms with Crippen molar-refractivity contribution in [2.24, 2.45) is 0 Å². The number of ether oxygens (including phenoxy) is 2. The molecule has 0 unspecified atom stereocenters. The minimum atomic E-state index is -0.954. The van der Waals surface area contributed by atoms with E-state index in [0.29, 0.717) is 5.56 Å². The number of ketones is 1. The predicted octanol–water partition coefficient (Wildman–Crippen LogP) is 4.28. The Hall–Kier alpha value is -2.53.